The van der Waals surface area contributed by atoms with Crippen LogP contribution in [0.25, 0.3) is 0 Å². The van der Waals surface area contributed by atoms with Gasteiger partial charge in [0, 0.05) is 37.8 Å². The van der Waals surface area contributed by atoms with Crippen LogP contribution in [0.15, 0.2) is 12.5 Å². The van der Waals surface area contributed by atoms with Crippen LogP contribution >= 0.6 is 22.6 Å². The third-order valence-electron chi connectivity index (χ3n) is 3.70. The van der Waals surface area contributed by atoms with Crippen molar-refractivity contribution in [3.63, 3.8) is 0 Å². The minimum Gasteiger partial charge on any atom is -0.444 e. The largest absolute Gasteiger partial charge is 0.444 e. The number of hydrogen-bond donors (Lipinski definition) is 0. The molecule has 2 saturated heterocycles. The minimum absolute atomic E-state index is 0.205. The first-order chi connectivity index (χ1) is 9.78. The van der Waals surface area contributed by atoms with Crippen LogP contribution in [0.1, 0.15) is 20.8 Å². The van der Waals surface area contributed by atoms with Gasteiger partial charge in [-0.05, 0) is 43.4 Å². The highest BCUT2D eigenvalue weighted by Gasteiger charge is 2.54. The predicted octanol–water partition coefficient (Wildman–Crippen LogP) is 2.14. The Morgan fingerprint density at radius 2 is 2.00 bits per heavy atom. The number of ether oxygens (including phenoxy) is 1. The summed E-state index contributed by atoms with van der Waals surface area (Å²) in [5, 5.41) is 0. The zero-order valence-electron chi connectivity index (χ0n) is 12.5. The summed E-state index contributed by atoms with van der Waals surface area (Å²) in [5.74, 6) is 0.993. The van der Waals surface area contributed by atoms with Crippen molar-refractivity contribution >= 4 is 34.5 Å². The van der Waals surface area contributed by atoms with Gasteiger partial charge in [-0.15, -0.1) is 0 Å². The first-order valence-electron chi connectivity index (χ1n) is 6.96. The topological polar surface area (TPSA) is 58.6 Å². The summed E-state index contributed by atoms with van der Waals surface area (Å²) in [4.78, 5) is 24.3. The summed E-state index contributed by atoms with van der Waals surface area (Å²) < 4.78 is 6.45. The second-order valence-corrected chi connectivity index (χ2v) is 8.05. The molecule has 1 aromatic heterocycles. The van der Waals surface area contributed by atoms with E-state index in [1.165, 1.54) is 0 Å². The zero-order valence-corrected chi connectivity index (χ0v) is 14.6. The van der Waals surface area contributed by atoms with Gasteiger partial charge in [0.2, 0.25) is 0 Å². The fraction of sp³-hybridized carbons (Fsp3) is 0.643. The molecule has 0 aromatic carbocycles. The Hall–Kier alpha value is -1.12. The average molecular weight is 402 g/mol. The summed E-state index contributed by atoms with van der Waals surface area (Å²) in [7, 11) is 0. The van der Waals surface area contributed by atoms with Crippen LogP contribution in [0.2, 0.25) is 0 Å². The number of carbonyl (C=O) groups is 1. The molecule has 114 valence electrons. The molecular formula is C14H19IN4O2. The number of likely N-dealkylation sites (tertiary alicyclic amines) is 1. The van der Waals surface area contributed by atoms with Crippen molar-refractivity contribution < 1.29 is 9.53 Å². The third-order valence-corrected chi connectivity index (χ3v) is 4.47. The van der Waals surface area contributed by atoms with Crippen LogP contribution in [0.3, 0.4) is 0 Å². The number of hydrogen-bond acceptors (Lipinski definition) is 5. The Morgan fingerprint density at radius 3 is 2.57 bits per heavy atom. The van der Waals surface area contributed by atoms with Gasteiger partial charge < -0.3 is 14.5 Å². The van der Waals surface area contributed by atoms with E-state index in [-0.39, 0.29) is 11.5 Å². The van der Waals surface area contributed by atoms with E-state index in [1.54, 1.807) is 11.2 Å². The Kier molecular flexibility index (Phi) is 3.50. The molecule has 0 N–H and O–H groups in total. The number of nitrogens with zero attached hydrogens (tertiary/aromatic N) is 4. The number of anilines is 1. The van der Waals surface area contributed by atoms with Gasteiger partial charge in [-0.1, -0.05) is 0 Å². The fourth-order valence-electron chi connectivity index (χ4n) is 2.87. The molecule has 2 aliphatic rings. The van der Waals surface area contributed by atoms with E-state index < -0.39 is 5.60 Å². The molecule has 0 bridgehead atoms. The maximum absolute atomic E-state index is 11.9. The summed E-state index contributed by atoms with van der Waals surface area (Å²) in [6.07, 6.45) is 3.20. The molecule has 3 rings (SSSR count). The fourth-order valence-corrected chi connectivity index (χ4v) is 3.51. The van der Waals surface area contributed by atoms with E-state index in [4.69, 9.17) is 4.74 Å². The van der Waals surface area contributed by atoms with Gasteiger partial charge in [0.25, 0.3) is 0 Å². The SMILES string of the molecule is CC(C)(C)OC(=O)N1CC2(C1)CN(c1ncncc1I)C2. The number of carbonyl (C=O) groups excluding carboxylic acids is 1. The van der Waals surface area contributed by atoms with Crippen LogP contribution in [0.5, 0.6) is 0 Å². The second-order valence-electron chi connectivity index (χ2n) is 6.89. The van der Waals surface area contributed by atoms with E-state index in [1.807, 2.05) is 27.0 Å². The Labute approximate surface area is 138 Å². The molecular weight excluding hydrogens is 383 g/mol. The van der Waals surface area contributed by atoms with E-state index in [2.05, 4.69) is 37.5 Å². The number of halogens is 1. The number of amides is 1. The Balaban J connectivity index is 1.52. The van der Waals surface area contributed by atoms with Gasteiger partial charge in [0.15, 0.2) is 0 Å². The lowest BCUT2D eigenvalue weighted by atomic mass is 9.73. The van der Waals surface area contributed by atoms with Gasteiger partial charge in [-0.25, -0.2) is 14.8 Å². The second kappa shape index (κ2) is 4.96. The molecule has 1 aromatic rings. The number of aromatic nitrogens is 2. The van der Waals surface area contributed by atoms with Crippen molar-refractivity contribution in [1.29, 1.82) is 0 Å². The number of rotatable bonds is 1. The van der Waals surface area contributed by atoms with E-state index in [0.29, 0.717) is 0 Å². The van der Waals surface area contributed by atoms with Crippen molar-refractivity contribution in [1.82, 2.24) is 14.9 Å². The molecule has 6 nitrogen and oxygen atoms in total. The van der Waals surface area contributed by atoms with Gasteiger partial charge in [-0.3, -0.25) is 0 Å². The zero-order chi connectivity index (χ0) is 15.3. The first kappa shape index (κ1) is 14.8. The van der Waals surface area contributed by atoms with Crippen LogP contribution in [-0.4, -0.2) is 52.7 Å². The van der Waals surface area contributed by atoms with Gasteiger partial charge in [0.05, 0.1) is 3.57 Å². The molecule has 0 radical (unpaired) electrons. The van der Waals surface area contributed by atoms with Crippen molar-refractivity contribution in [3.8, 4) is 0 Å². The molecule has 0 atom stereocenters. The monoisotopic (exact) mass is 402 g/mol. The van der Waals surface area contributed by atoms with Crippen LogP contribution in [0, 0.1) is 8.99 Å². The predicted molar refractivity (Wildman–Crippen MR) is 87.2 cm³/mol. The molecule has 0 saturated carbocycles. The lowest BCUT2D eigenvalue weighted by Gasteiger charge is -2.60. The lowest BCUT2D eigenvalue weighted by molar-refractivity contribution is -0.0455. The van der Waals surface area contributed by atoms with Crippen LogP contribution < -0.4 is 4.90 Å². The molecule has 1 spiro atoms. The van der Waals surface area contributed by atoms with Gasteiger partial charge in [0.1, 0.15) is 17.7 Å². The van der Waals surface area contributed by atoms with Crippen LogP contribution in [-0.2, 0) is 4.74 Å². The summed E-state index contributed by atoms with van der Waals surface area (Å²) in [6, 6.07) is 0. The Bertz CT molecular complexity index is 558. The summed E-state index contributed by atoms with van der Waals surface area (Å²) in [6.45, 7) is 9.12. The van der Waals surface area contributed by atoms with Crippen molar-refractivity contribution in [2.75, 3.05) is 31.1 Å². The molecule has 0 aliphatic carbocycles. The molecule has 7 heteroatoms. The van der Waals surface area contributed by atoms with E-state index >= 15 is 0 Å². The van der Waals surface area contributed by atoms with E-state index in [9.17, 15) is 4.79 Å². The normalized spacial score (nSPS) is 20.0. The van der Waals surface area contributed by atoms with E-state index in [0.717, 1.165) is 35.6 Å². The standard InChI is InChI=1S/C14H19IN4O2/c1-13(2,3)21-12(20)19-7-14(8-19)5-18(6-14)11-10(15)4-16-9-17-11/h4,9H,5-8H2,1-3H3. The highest BCUT2D eigenvalue weighted by molar-refractivity contribution is 14.1. The maximum Gasteiger partial charge on any atom is 0.410 e. The minimum atomic E-state index is -0.428. The lowest BCUT2D eigenvalue weighted by Crippen LogP contribution is -2.73. The van der Waals surface area contributed by atoms with Crippen molar-refractivity contribution in [3.05, 3.63) is 16.1 Å². The highest BCUT2D eigenvalue weighted by atomic mass is 127. The molecule has 0 unspecified atom stereocenters. The summed E-state index contributed by atoms with van der Waals surface area (Å²) >= 11 is 2.25. The molecule has 21 heavy (non-hydrogen) atoms. The molecule has 1 amide bonds. The average Bonchev–Trinajstić information content (AvgIpc) is 2.25. The Morgan fingerprint density at radius 1 is 1.33 bits per heavy atom. The van der Waals surface area contributed by atoms with Gasteiger partial charge >= 0.3 is 6.09 Å². The third kappa shape index (κ3) is 2.93. The maximum atomic E-state index is 11.9. The van der Waals surface area contributed by atoms with Gasteiger partial charge in [-0.2, -0.15) is 0 Å². The molecule has 2 aliphatic heterocycles. The molecule has 3 heterocycles. The smallest absolute Gasteiger partial charge is 0.410 e. The highest BCUT2D eigenvalue weighted by Crippen LogP contribution is 2.42. The van der Waals surface area contributed by atoms with Crippen molar-refractivity contribution in [2.24, 2.45) is 5.41 Å². The first-order valence-corrected chi connectivity index (χ1v) is 8.04. The van der Waals surface area contributed by atoms with Crippen LogP contribution in [0.4, 0.5) is 10.6 Å². The summed E-state index contributed by atoms with van der Waals surface area (Å²) in [5.41, 5.74) is -0.201. The quantitative estimate of drug-likeness (QED) is 0.674. The molecule has 2 fully saturated rings. The van der Waals surface area contributed by atoms with Crippen molar-refractivity contribution in [2.45, 2.75) is 26.4 Å².